The average Bonchev–Trinajstić information content (AvgIpc) is 1.46. The van der Waals surface area contributed by atoms with Crippen LogP contribution in [0.25, 0.3) is 78.5 Å². The van der Waals surface area contributed by atoms with E-state index in [4.69, 9.17) is 57.6 Å². The van der Waals surface area contributed by atoms with Crippen molar-refractivity contribution in [2.45, 2.75) is 79.1 Å². The number of fused-ring (bicyclic) bond motifs is 2. The normalized spacial score (nSPS) is 11.4. The molecule has 0 aliphatic rings. The molecule has 14 aromatic rings. The molecule has 8 nitrogen and oxygen atoms in total. The minimum Gasteiger partial charge on any atom is 2.00 e. The Morgan fingerprint density at radius 1 is 0.370 bits per heavy atom. The van der Waals surface area contributed by atoms with Gasteiger partial charge in [-0.3, -0.25) is 14.5 Å². The van der Waals surface area contributed by atoms with Gasteiger partial charge in [0, 0.05) is 69.7 Å². The van der Waals surface area contributed by atoms with Crippen molar-refractivity contribution in [2.75, 3.05) is 9.80 Å². The van der Waals surface area contributed by atoms with Gasteiger partial charge >= 0.3 is 134 Å². The first kappa shape index (κ1) is 77.5. The summed E-state index contributed by atoms with van der Waals surface area (Å²) >= 11 is -0.556. The molecule has 0 spiro atoms. The van der Waals surface area contributed by atoms with Gasteiger partial charge in [0.25, 0.3) is 0 Å². The summed E-state index contributed by atoms with van der Waals surface area (Å²) in [6, 6.07) is 96.4. The molecule has 0 saturated heterocycles. The van der Waals surface area contributed by atoms with Crippen LogP contribution in [0.15, 0.2) is 280 Å². The van der Waals surface area contributed by atoms with Crippen molar-refractivity contribution in [1.29, 1.82) is 0 Å². The van der Waals surface area contributed by atoms with Gasteiger partial charge in [-0.05, 0) is 135 Å². The number of aromatic nitrogens is 6. The van der Waals surface area contributed by atoms with Gasteiger partial charge in [0.15, 0.2) is 0 Å². The van der Waals surface area contributed by atoms with Gasteiger partial charge in [-0.2, -0.15) is 0 Å². The number of pyridine rings is 2. The number of imidazole rings is 2. The van der Waals surface area contributed by atoms with Gasteiger partial charge in [0.2, 0.25) is 0 Å². The van der Waals surface area contributed by atoms with E-state index >= 15 is 0 Å². The Kier molecular flexibility index (Phi) is 28.3. The third-order valence-corrected chi connectivity index (χ3v) is 17.0. The van der Waals surface area contributed by atoms with Gasteiger partial charge in [-0.25, -0.2) is 9.97 Å². The van der Waals surface area contributed by atoms with E-state index in [9.17, 15) is 0 Å². The van der Waals surface area contributed by atoms with E-state index in [1.807, 2.05) is 42.7 Å². The Balaban J connectivity index is 0.000000196. The van der Waals surface area contributed by atoms with E-state index < -0.39 is 11.9 Å². The van der Waals surface area contributed by atoms with Crippen molar-refractivity contribution < 1.29 is 33.0 Å². The maximum Gasteiger partial charge on any atom is 2.00 e. The molecule has 0 fully saturated rings. The zero-order valence-electron chi connectivity index (χ0n) is 57.6. The zero-order valence-corrected chi connectivity index (χ0v) is 71.4. The second kappa shape index (κ2) is 36.5. The van der Waals surface area contributed by atoms with E-state index in [-0.39, 0.29) is 21.1 Å². The van der Waals surface area contributed by atoms with Crippen LogP contribution in [0.2, 0.25) is 0 Å². The number of benzene rings is 10. The smallest absolute Gasteiger partial charge is 2.00 e. The molecule has 4 heterocycles. The largest absolute Gasteiger partial charge is 2.00 e. The van der Waals surface area contributed by atoms with Crippen LogP contribution in [-0.4, -0.2) is 92.2 Å². The maximum atomic E-state index is 5.01. The molecule has 4 aromatic heterocycles. The second-order valence-corrected chi connectivity index (χ2v) is 44.5. The number of nitrogens with zero attached hydrogens (tertiary/aromatic N) is 8. The monoisotopic (exact) mass is 1800 g/mol. The van der Waals surface area contributed by atoms with Crippen LogP contribution in [0, 0.1) is 12.1 Å². The van der Waals surface area contributed by atoms with Crippen molar-refractivity contribution in [3.05, 3.63) is 314 Å². The number of halogens is 4. The molecule has 0 amide bonds. The Labute approximate surface area is 668 Å². The SMILES string of the molecule is CC(C)c1cccc(C(C)C)c1-n1ccnc1-c1[c-]c(N(c2[c-]c(-c3ccc4ccccc4n3)ccc2)c2ccccc2)ccc1.CC(C)c1cccc(C(C)C)c1-n1ccnc1-c1cccc(N(c2ccccc2)c2cccc(-c3ccc4ccccc4n3)c2)c1.[Cl][Pt]([Cl])([Cl])[Cl].[K][K].[Pt+2]. The summed E-state index contributed by atoms with van der Waals surface area (Å²) in [5.74, 6) is 3.30. The summed E-state index contributed by atoms with van der Waals surface area (Å²) in [5.41, 5.74) is 21.5. The van der Waals surface area contributed by atoms with Gasteiger partial charge in [0.1, 0.15) is 5.82 Å². The minimum absolute atomic E-state index is 0. The number of hydrogen-bond acceptors (Lipinski definition) is 6. The molecule has 14 rings (SSSR count). The summed E-state index contributed by atoms with van der Waals surface area (Å²) < 4.78 is 4.52. The standard InChI is InChI=1S/C42H38N4.C42H36N4.4ClH.2K.2Pt/c2*1-29(2)37-20-12-21-38(30(3)4)41(37)45-26-25-43-42(45)33-15-11-19-36(28-33)46(34-16-6-5-7-17-34)35-18-10-14-32(27-35)40-24-23-31-13-8-9-22-39(31)44-40;;;;;;;;/h5-30H,1-4H3;5-26,29-30H,1-4H3;4*1H;;;;/q;-2;;;;;;;+2;+4/p-4. The molecule has 16 heteroatoms. The molecule has 0 N–H and O–H groups in total. The molecule has 100 heavy (non-hydrogen) atoms. The number of hydrogen-bond donors (Lipinski definition) is 0. The van der Waals surface area contributed by atoms with Crippen molar-refractivity contribution in [3.63, 3.8) is 0 Å². The molecule has 0 saturated carbocycles. The van der Waals surface area contributed by atoms with E-state index in [0.29, 0.717) is 23.7 Å². The predicted octanol–water partition coefficient (Wildman–Crippen LogP) is 24.5. The Bertz CT molecular complexity index is 4660. The minimum atomic E-state index is -3.06. The fourth-order valence-corrected chi connectivity index (χ4v) is 12.5. The van der Waals surface area contributed by atoms with Gasteiger partial charge in [-0.15, -0.1) is 59.7 Å². The average molecular weight is 1810 g/mol. The van der Waals surface area contributed by atoms with Crippen molar-refractivity contribution in [1.82, 2.24) is 29.1 Å². The summed E-state index contributed by atoms with van der Waals surface area (Å²) in [6.45, 7) is 18.1. The molecule has 500 valence electrons. The first-order valence-electron chi connectivity index (χ1n) is 33.4. The molecule has 0 unspecified atom stereocenters. The summed E-state index contributed by atoms with van der Waals surface area (Å²) in [7, 11) is 20.0. The van der Waals surface area contributed by atoms with E-state index in [0.717, 1.165) is 101 Å². The van der Waals surface area contributed by atoms with Crippen LogP contribution in [0.1, 0.15) is 101 Å². The first-order valence-corrected chi connectivity index (χ1v) is 60.7. The van der Waals surface area contributed by atoms with Crippen LogP contribution in [-0.2, 0) is 33.0 Å². The van der Waals surface area contributed by atoms with E-state index in [2.05, 4.69) is 323 Å². The molecule has 0 bridgehead atoms. The third-order valence-electron chi connectivity index (χ3n) is 17.0. The van der Waals surface area contributed by atoms with Crippen molar-refractivity contribution in [2.24, 2.45) is 0 Å². The Morgan fingerprint density at radius 3 is 1.24 bits per heavy atom. The summed E-state index contributed by atoms with van der Waals surface area (Å²) in [6.07, 6.45) is 7.98. The third kappa shape index (κ3) is 19.0. The van der Waals surface area contributed by atoms with E-state index in [1.54, 1.807) is 0 Å². The van der Waals surface area contributed by atoms with Crippen molar-refractivity contribution in [3.8, 4) is 56.7 Å². The molecule has 0 aliphatic carbocycles. The van der Waals surface area contributed by atoms with Crippen LogP contribution in [0.4, 0.5) is 34.1 Å². The molecule has 0 radical (unpaired) electrons. The zero-order chi connectivity index (χ0) is 69.7. The number of anilines is 6. The predicted molar refractivity (Wildman–Crippen MR) is 418 cm³/mol. The Morgan fingerprint density at radius 2 is 0.740 bits per heavy atom. The quantitative estimate of drug-likeness (QED) is 0.0709. The van der Waals surface area contributed by atoms with Crippen LogP contribution in [0.3, 0.4) is 0 Å². The summed E-state index contributed by atoms with van der Waals surface area (Å²) in [5, 5.41) is 2.26. The Hall–Kier alpha value is -5.15. The van der Waals surface area contributed by atoms with Crippen LogP contribution >= 0.6 is 37.7 Å². The summed E-state index contributed by atoms with van der Waals surface area (Å²) in [4.78, 5) is 24.3. The number of para-hydroxylation sites is 6. The molecule has 0 atom stereocenters. The van der Waals surface area contributed by atoms with Gasteiger partial charge in [0.05, 0.1) is 28.2 Å². The molecular weight excluding hydrogens is 1730 g/mol. The second-order valence-electron chi connectivity index (χ2n) is 24.8. The fraction of sp³-hybridized carbons (Fsp3) is 0.143. The molecule has 0 aliphatic heterocycles. The first-order chi connectivity index (χ1) is 47.9. The fourth-order valence-electron chi connectivity index (χ4n) is 12.5. The topological polar surface area (TPSA) is 67.9 Å². The van der Waals surface area contributed by atoms with Crippen LogP contribution < -0.4 is 9.80 Å². The number of rotatable bonds is 16. The van der Waals surface area contributed by atoms with Crippen LogP contribution in [0.5, 0.6) is 0 Å². The van der Waals surface area contributed by atoms with Crippen molar-refractivity contribution >= 4 is 157 Å². The van der Waals surface area contributed by atoms with E-state index in [1.165, 1.54) is 96.8 Å². The maximum absolute atomic E-state index is 5.01. The molecular formula is C84H74Cl4K2N8Pt2. The van der Waals surface area contributed by atoms with Gasteiger partial charge in [-0.1, -0.05) is 207 Å². The van der Waals surface area contributed by atoms with Gasteiger partial charge < -0.3 is 14.4 Å². The molecule has 10 aromatic carbocycles.